The molecule has 38 heavy (non-hydrogen) atoms. The third-order valence-electron chi connectivity index (χ3n) is 6.31. The summed E-state index contributed by atoms with van der Waals surface area (Å²) >= 11 is 10.8. The van der Waals surface area contributed by atoms with Crippen LogP contribution in [0.3, 0.4) is 0 Å². The van der Waals surface area contributed by atoms with Gasteiger partial charge in [-0.25, -0.2) is 4.79 Å². The van der Waals surface area contributed by atoms with Crippen molar-refractivity contribution in [2.45, 2.75) is 64.8 Å². The highest BCUT2D eigenvalue weighted by Gasteiger charge is 2.48. The van der Waals surface area contributed by atoms with Crippen LogP contribution in [-0.2, 0) is 14.3 Å². The number of rotatable bonds is 9. The van der Waals surface area contributed by atoms with E-state index in [9.17, 15) is 14.4 Å². The lowest BCUT2D eigenvalue weighted by Gasteiger charge is -2.35. The molecule has 0 spiro atoms. The fourth-order valence-electron chi connectivity index (χ4n) is 4.26. The molecule has 0 saturated heterocycles. The number of thiol groups is 1. The zero-order valence-electron chi connectivity index (χ0n) is 22.5. The summed E-state index contributed by atoms with van der Waals surface area (Å²) in [6.07, 6.45) is 1.69. The number of anilines is 1. The van der Waals surface area contributed by atoms with E-state index >= 15 is 0 Å². The van der Waals surface area contributed by atoms with Crippen LogP contribution in [0.4, 0.5) is 10.5 Å². The van der Waals surface area contributed by atoms with Crippen molar-refractivity contribution in [3.05, 3.63) is 70.8 Å². The molecule has 1 aliphatic rings. The van der Waals surface area contributed by atoms with Gasteiger partial charge in [0, 0.05) is 11.8 Å². The minimum absolute atomic E-state index is 0.0281. The first-order valence-corrected chi connectivity index (χ1v) is 13.6. The Morgan fingerprint density at radius 2 is 1.89 bits per heavy atom. The summed E-state index contributed by atoms with van der Waals surface area (Å²) in [7, 11) is 0. The highest BCUT2D eigenvalue weighted by Crippen LogP contribution is 2.41. The minimum Gasteiger partial charge on any atom is -0.444 e. The lowest BCUT2D eigenvalue weighted by molar-refractivity contribution is -0.141. The van der Waals surface area contributed by atoms with Crippen LogP contribution in [0.1, 0.15) is 56.8 Å². The molecule has 2 N–H and O–H groups in total. The van der Waals surface area contributed by atoms with Crippen LogP contribution in [-0.4, -0.2) is 46.2 Å². The van der Waals surface area contributed by atoms with Gasteiger partial charge < -0.3 is 20.3 Å². The number of benzene rings is 2. The Morgan fingerprint density at radius 3 is 2.45 bits per heavy atom. The maximum atomic E-state index is 14.0. The van der Waals surface area contributed by atoms with Gasteiger partial charge in [-0.2, -0.15) is 12.6 Å². The smallest absolute Gasteiger partial charge is 0.408 e. The molecule has 4 atom stereocenters. The van der Waals surface area contributed by atoms with E-state index in [0.29, 0.717) is 16.3 Å². The highest BCUT2D eigenvalue weighted by atomic mass is 35.5. The number of para-hydroxylation sites is 1. The summed E-state index contributed by atoms with van der Waals surface area (Å²) in [4.78, 5) is 42.2. The van der Waals surface area contributed by atoms with Crippen molar-refractivity contribution in [3.8, 4) is 0 Å². The summed E-state index contributed by atoms with van der Waals surface area (Å²) in [6, 6.07) is 10.5. The van der Waals surface area contributed by atoms with E-state index in [2.05, 4.69) is 29.8 Å². The zero-order chi connectivity index (χ0) is 28.2. The van der Waals surface area contributed by atoms with Crippen LogP contribution in [0.5, 0.6) is 0 Å². The maximum Gasteiger partial charge on any atom is 0.408 e. The number of aryl methyl sites for hydroxylation is 1. The lowest BCUT2D eigenvalue weighted by atomic mass is 9.99. The number of hydrogen-bond acceptors (Lipinski definition) is 5. The fourth-order valence-corrected chi connectivity index (χ4v) is 4.78. The van der Waals surface area contributed by atoms with Crippen LogP contribution in [0, 0.1) is 12.8 Å². The monoisotopic (exact) mass is 557 g/mol. The van der Waals surface area contributed by atoms with Crippen LogP contribution in [0.15, 0.2) is 49.0 Å². The molecule has 0 aromatic heterocycles. The van der Waals surface area contributed by atoms with E-state index in [0.717, 1.165) is 17.5 Å². The van der Waals surface area contributed by atoms with Gasteiger partial charge in [-0.1, -0.05) is 61.5 Å². The van der Waals surface area contributed by atoms with E-state index in [-0.39, 0.29) is 17.7 Å². The van der Waals surface area contributed by atoms with Crippen molar-refractivity contribution in [1.82, 2.24) is 10.2 Å². The van der Waals surface area contributed by atoms with Crippen molar-refractivity contribution in [2.24, 2.45) is 5.92 Å². The number of amides is 3. The molecule has 0 heterocycles. The maximum absolute atomic E-state index is 14.0. The minimum atomic E-state index is -0.999. The first-order valence-electron chi connectivity index (χ1n) is 12.6. The normalized spacial score (nSPS) is 18.1. The summed E-state index contributed by atoms with van der Waals surface area (Å²) in [5.74, 6) is -0.619. The molecule has 4 unspecified atom stereocenters. The van der Waals surface area contributed by atoms with Crippen LogP contribution >= 0.6 is 24.2 Å². The molecule has 0 radical (unpaired) electrons. The second-order valence-corrected chi connectivity index (χ2v) is 11.4. The van der Waals surface area contributed by atoms with Gasteiger partial charge in [0.25, 0.3) is 5.91 Å². The van der Waals surface area contributed by atoms with E-state index in [1.807, 2.05) is 38.1 Å². The Labute approximate surface area is 235 Å². The van der Waals surface area contributed by atoms with E-state index in [4.69, 9.17) is 16.3 Å². The summed E-state index contributed by atoms with van der Waals surface area (Å²) in [5.41, 5.74) is 1.97. The Kier molecular flexibility index (Phi) is 9.54. The summed E-state index contributed by atoms with van der Waals surface area (Å²) < 4.78 is 5.37. The number of carbonyl (C=O) groups is 3. The van der Waals surface area contributed by atoms with Crippen molar-refractivity contribution in [3.63, 3.8) is 0 Å². The van der Waals surface area contributed by atoms with Gasteiger partial charge in [0.1, 0.15) is 17.7 Å². The second-order valence-electron chi connectivity index (χ2n) is 10.6. The average molecular weight is 558 g/mol. The van der Waals surface area contributed by atoms with Gasteiger partial charge in [-0.05, 0) is 68.9 Å². The lowest BCUT2D eigenvalue weighted by Crippen LogP contribution is -2.54. The molecule has 1 aliphatic carbocycles. The molecule has 2 aromatic carbocycles. The van der Waals surface area contributed by atoms with Crippen molar-refractivity contribution in [1.29, 1.82) is 0 Å². The number of nitrogens with one attached hydrogen (secondary N) is 2. The SMILES string of the molecule is C=Cc1cccc(C(C(=O)Nc2c(C)cccc2Cl)N(C(=O)C(CS)NC(=O)OC(C)(C)C)C2CC2C)c1. The zero-order valence-corrected chi connectivity index (χ0v) is 24.1. The molecule has 3 amide bonds. The van der Waals surface area contributed by atoms with Crippen LogP contribution < -0.4 is 10.6 Å². The average Bonchev–Trinajstić information content (AvgIpc) is 3.57. The van der Waals surface area contributed by atoms with Gasteiger partial charge in [0.05, 0.1) is 10.7 Å². The van der Waals surface area contributed by atoms with Gasteiger partial charge >= 0.3 is 6.09 Å². The largest absolute Gasteiger partial charge is 0.444 e. The van der Waals surface area contributed by atoms with Gasteiger partial charge in [0.15, 0.2) is 0 Å². The second kappa shape index (κ2) is 12.3. The number of carbonyl (C=O) groups excluding carboxylic acids is 3. The molecular formula is C29H36ClN3O4S. The standard InChI is InChI=1S/C29H36ClN3O4S/c1-7-19-11-9-12-20(15-19)25(26(34)32-24-17(2)10-8-13-21(24)30)33(23-14-18(23)3)27(35)22(16-38)31-28(36)37-29(4,5)6/h7-13,15,18,22-23,25,38H,1,14,16H2,2-6H3,(H,31,36)(H,32,34). The van der Waals surface area contributed by atoms with E-state index < -0.39 is 35.6 Å². The van der Waals surface area contributed by atoms with Gasteiger partial charge in [-0.15, -0.1) is 0 Å². The molecule has 2 aromatic rings. The molecule has 204 valence electrons. The molecule has 1 saturated carbocycles. The summed E-state index contributed by atoms with van der Waals surface area (Å²) in [5, 5.41) is 5.99. The number of halogens is 1. The third kappa shape index (κ3) is 7.32. The van der Waals surface area contributed by atoms with Crippen molar-refractivity contribution < 1.29 is 19.1 Å². The first kappa shape index (κ1) is 29.6. The third-order valence-corrected chi connectivity index (χ3v) is 6.99. The fraction of sp³-hybridized carbons (Fsp3) is 0.414. The molecule has 7 nitrogen and oxygen atoms in total. The number of nitrogens with zero attached hydrogens (tertiary/aromatic N) is 1. The Hall–Kier alpha value is -2.97. The number of alkyl carbamates (subject to hydrolysis) is 1. The van der Waals surface area contributed by atoms with E-state index in [1.54, 1.807) is 49.9 Å². The molecule has 0 aliphatic heterocycles. The predicted molar refractivity (Wildman–Crippen MR) is 156 cm³/mol. The molecule has 1 fully saturated rings. The summed E-state index contributed by atoms with van der Waals surface area (Å²) in [6.45, 7) is 12.9. The Bertz CT molecular complexity index is 1190. The van der Waals surface area contributed by atoms with Gasteiger partial charge in [0.2, 0.25) is 5.91 Å². The molecule has 9 heteroatoms. The van der Waals surface area contributed by atoms with Crippen molar-refractivity contribution >= 4 is 53.9 Å². The van der Waals surface area contributed by atoms with Crippen molar-refractivity contribution in [2.75, 3.05) is 11.1 Å². The van der Waals surface area contributed by atoms with Crippen LogP contribution in [0.25, 0.3) is 6.08 Å². The Morgan fingerprint density at radius 1 is 1.24 bits per heavy atom. The molecule has 0 bridgehead atoms. The topological polar surface area (TPSA) is 87.7 Å². The van der Waals surface area contributed by atoms with Crippen LogP contribution in [0.2, 0.25) is 5.02 Å². The first-order chi connectivity index (χ1) is 17.9. The van der Waals surface area contributed by atoms with Gasteiger partial charge in [-0.3, -0.25) is 9.59 Å². The molecule has 3 rings (SSSR count). The molecular weight excluding hydrogens is 522 g/mol. The predicted octanol–water partition coefficient (Wildman–Crippen LogP) is 6.03. The number of ether oxygens (including phenoxy) is 1. The quantitative estimate of drug-likeness (QED) is 0.328. The number of hydrogen-bond donors (Lipinski definition) is 3. The highest BCUT2D eigenvalue weighted by molar-refractivity contribution is 7.80. The van der Waals surface area contributed by atoms with E-state index in [1.165, 1.54) is 0 Å². The Balaban J connectivity index is 2.04.